The topological polar surface area (TPSA) is 42.0 Å². The molecule has 2 amide bonds. The number of nitrogens with zero attached hydrogens (tertiary/aromatic N) is 2. The van der Waals surface area contributed by atoms with Gasteiger partial charge in [0.1, 0.15) is 0 Å². The average molecular weight is 286 g/mol. The van der Waals surface area contributed by atoms with Gasteiger partial charge in [0.25, 0.3) is 0 Å². The summed E-state index contributed by atoms with van der Waals surface area (Å²) in [7, 11) is 1.49. The van der Waals surface area contributed by atoms with Gasteiger partial charge in [0.15, 0.2) is 14.6 Å². The molecule has 1 rings (SSSR count). The molecule has 0 fully saturated rings. The first-order valence-electron chi connectivity index (χ1n) is 6.55. The number of amides is 2. The van der Waals surface area contributed by atoms with Gasteiger partial charge in [-0.05, 0) is 24.2 Å². The molecule has 0 aromatic rings. The van der Waals surface area contributed by atoms with Crippen molar-refractivity contribution in [2.45, 2.75) is 45.2 Å². The minimum atomic E-state index is -1.91. The van der Waals surface area contributed by atoms with Crippen LogP contribution in [0.4, 0.5) is 4.79 Å². The Morgan fingerprint density at radius 3 is 2.47 bits per heavy atom. The lowest BCUT2D eigenvalue weighted by Gasteiger charge is -2.40. The van der Waals surface area contributed by atoms with E-state index >= 15 is 0 Å². The monoisotopic (exact) mass is 286 g/mol. The van der Waals surface area contributed by atoms with Crippen LogP contribution in [0.3, 0.4) is 0 Å². The summed E-state index contributed by atoms with van der Waals surface area (Å²) < 4.78 is 6.12. The Morgan fingerprint density at radius 1 is 1.42 bits per heavy atom. The van der Waals surface area contributed by atoms with Gasteiger partial charge in [-0.25, -0.2) is 9.63 Å². The summed E-state index contributed by atoms with van der Waals surface area (Å²) in [5.41, 5.74) is 0. The van der Waals surface area contributed by atoms with Crippen LogP contribution in [0.1, 0.15) is 20.8 Å². The highest BCUT2D eigenvalue weighted by Gasteiger charge is 2.40. The van der Waals surface area contributed by atoms with Crippen LogP contribution in [-0.2, 0) is 9.26 Å². The first kappa shape index (κ1) is 16.2. The summed E-state index contributed by atoms with van der Waals surface area (Å²) >= 11 is 0. The van der Waals surface area contributed by atoms with E-state index < -0.39 is 14.6 Å². The van der Waals surface area contributed by atoms with Crippen LogP contribution in [0, 0.1) is 0 Å². The molecule has 0 spiro atoms. The number of carbonyl (C=O) groups excluding carboxylic acids is 1. The molecule has 0 saturated carbocycles. The van der Waals surface area contributed by atoms with E-state index in [0.717, 1.165) is 0 Å². The van der Waals surface area contributed by atoms with Gasteiger partial charge in [0.05, 0.1) is 6.54 Å². The quantitative estimate of drug-likeness (QED) is 0.579. The lowest BCUT2D eigenvalue weighted by molar-refractivity contribution is -0.213. The molecule has 6 heteroatoms. The Kier molecular flexibility index (Phi) is 4.81. The van der Waals surface area contributed by atoms with Crippen molar-refractivity contribution in [2.24, 2.45) is 0 Å². The van der Waals surface area contributed by atoms with Crippen LogP contribution < -0.4 is 0 Å². The van der Waals surface area contributed by atoms with Gasteiger partial charge in [-0.3, -0.25) is 0 Å². The smallest absolute Gasteiger partial charge is 0.343 e. The molecule has 0 bridgehead atoms. The van der Waals surface area contributed by atoms with E-state index in [1.54, 1.807) is 14.1 Å². The van der Waals surface area contributed by atoms with Gasteiger partial charge < -0.3 is 9.33 Å². The maximum atomic E-state index is 11.9. The van der Waals surface area contributed by atoms with E-state index in [0.29, 0.717) is 6.54 Å². The standard InChI is InChI=1S/C13H26N2O3Si/c1-13(2,3)19(6,7)18-11-9-8-10-15(17-11)12(16)14(4)5/h8-9,11H,10H2,1-7H3. The van der Waals surface area contributed by atoms with E-state index in [1.165, 1.54) is 9.96 Å². The third-order valence-electron chi connectivity index (χ3n) is 3.61. The maximum Gasteiger partial charge on any atom is 0.343 e. The fourth-order valence-corrected chi connectivity index (χ4v) is 2.40. The summed E-state index contributed by atoms with van der Waals surface area (Å²) in [5.74, 6) is 0. The Labute approximate surface area is 117 Å². The van der Waals surface area contributed by atoms with Crippen molar-refractivity contribution in [1.82, 2.24) is 9.96 Å². The second-order valence-corrected chi connectivity index (χ2v) is 11.3. The number of rotatable bonds is 2. The molecule has 0 saturated heterocycles. The normalized spacial score (nSPS) is 20.6. The Hall–Kier alpha value is -0.853. The highest BCUT2D eigenvalue weighted by Crippen LogP contribution is 2.37. The largest absolute Gasteiger partial charge is 0.388 e. The number of hydrogen-bond donors (Lipinski definition) is 0. The summed E-state index contributed by atoms with van der Waals surface area (Å²) in [6.45, 7) is 11.3. The van der Waals surface area contributed by atoms with Crippen molar-refractivity contribution >= 4 is 14.3 Å². The van der Waals surface area contributed by atoms with Crippen LogP contribution in [0.15, 0.2) is 12.2 Å². The first-order chi connectivity index (χ1) is 8.54. The van der Waals surface area contributed by atoms with Crippen molar-refractivity contribution in [2.75, 3.05) is 20.6 Å². The lowest BCUT2D eigenvalue weighted by atomic mass is 10.2. The van der Waals surface area contributed by atoms with Crippen LogP contribution in [0.25, 0.3) is 0 Å². The van der Waals surface area contributed by atoms with Gasteiger partial charge in [-0.2, -0.15) is 5.06 Å². The van der Waals surface area contributed by atoms with Crippen LogP contribution >= 0.6 is 0 Å². The zero-order chi connectivity index (χ0) is 14.8. The molecule has 0 aliphatic carbocycles. The lowest BCUT2D eigenvalue weighted by Crippen LogP contribution is -2.49. The molecule has 1 aliphatic heterocycles. The molecule has 0 aromatic carbocycles. The van der Waals surface area contributed by atoms with E-state index in [9.17, 15) is 4.79 Å². The molecule has 5 nitrogen and oxygen atoms in total. The molecule has 0 N–H and O–H groups in total. The third kappa shape index (κ3) is 4.06. The molecule has 0 radical (unpaired) electrons. The minimum absolute atomic E-state index is 0.109. The highest BCUT2D eigenvalue weighted by molar-refractivity contribution is 6.74. The van der Waals surface area contributed by atoms with Crippen LogP contribution in [0.2, 0.25) is 18.1 Å². The summed E-state index contributed by atoms with van der Waals surface area (Å²) in [6.07, 6.45) is 3.31. The minimum Gasteiger partial charge on any atom is -0.388 e. The van der Waals surface area contributed by atoms with Gasteiger partial charge in [0.2, 0.25) is 0 Å². The number of hydroxylamine groups is 2. The van der Waals surface area contributed by atoms with E-state index in [4.69, 9.17) is 9.26 Å². The van der Waals surface area contributed by atoms with Gasteiger partial charge in [-0.1, -0.05) is 26.8 Å². The first-order valence-corrected chi connectivity index (χ1v) is 9.45. The molecule has 110 valence electrons. The second-order valence-electron chi connectivity index (χ2n) is 6.52. The predicted octanol–water partition coefficient (Wildman–Crippen LogP) is 2.82. The molecular formula is C13H26N2O3Si. The number of urea groups is 1. The zero-order valence-corrected chi connectivity index (χ0v) is 14.1. The molecule has 1 atom stereocenters. The van der Waals surface area contributed by atoms with Crippen molar-refractivity contribution < 1.29 is 14.1 Å². The van der Waals surface area contributed by atoms with Crippen LogP contribution in [-0.4, -0.2) is 51.2 Å². The van der Waals surface area contributed by atoms with Gasteiger partial charge in [-0.15, -0.1) is 0 Å². The van der Waals surface area contributed by atoms with Crippen LogP contribution in [0.5, 0.6) is 0 Å². The molecule has 19 heavy (non-hydrogen) atoms. The number of carbonyl (C=O) groups is 1. The SMILES string of the molecule is CN(C)C(=O)N1CC=CC(O[Si](C)(C)C(C)(C)C)O1. The highest BCUT2D eigenvalue weighted by atomic mass is 28.4. The van der Waals surface area contributed by atoms with Gasteiger partial charge >= 0.3 is 6.03 Å². The number of hydrogen-bond acceptors (Lipinski definition) is 3. The van der Waals surface area contributed by atoms with Crippen molar-refractivity contribution in [1.29, 1.82) is 0 Å². The molecule has 1 heterocycles. The fraction of sp³-hybridized carbons (Fsp3) is 0.769. The fourth-order valence-electron chi connectivity index (χ4n) is 1.35. The van der Waals surface area contributed by atoms with E-state index in [1.807, 2.05) is 12.2 Å². The van der Waals surface area contributed by atoms with Crippen molar-refractivity contribution in [3.8, 4) is 0 Å². The molecular weight excluding hydrogens is 260 g/mol. The van der Waals surface area contributed by atoms with Gasteiger partial charge in [0, 0.05) is 14.1 Å². The molecule has 1 aliphatic rings. The maximum absolute atomic E-state index is 11.9. The van der Waals surface area contributed by atoms with E-state index in [2.05, 4.69) is 33.9 Å². The Balaban J connectivity index is 2.69. The summed E-state index contributed by atoms with van der Waals surface area (Å²) in [6, 6.07) is -0.173. The molecule has 1 unspecified atom stereocenters. The molecule has 0 aromatic heterocycles. The van der Waals surface area contributed by atoms with E-state index in [-0.39, 0.29) is 11.1 Å². The van der Waals surface area contributed by atoms with Crippen molar-refractivity contribution in [3.63, 3.8) is 0 Å². The third-order valence-corrected chi connectivity index (χ3v) is 8.04. The Morgan fingerprint density at radius 2 is 2.00 bits per heavy atom. The Bertz CT molecular complexity index is 361. The average Bonchev–Trinajstić information content (AvgIpc) is 2.26. The summed E-state index contributed by atoms with van der Waals surface area (Å²) in [4.78, 5) is 19.0. The van der Waals surface area contributed by atoms with Crippen molar-refractivity contribution in [3.05, 3.63) is 12.2 Å². The summed E-state index contributed by atoms with van der Waals surface area (Å²) in [5, 5.41) is 1.44. The second kappa shape index (κ2) is 5.64. The predicted molar refractivity (Wildman–Crippen MR) is 78.1 cm³/mol. The zero-order valence-electron chi connectivity index (χ0n) is 13.1.